The van der Waals surface area contributed by atoms with E-state index in [1.807, 2.05) is 12.3 Å². The smallest absolute Gasteiger partial charge is 0.212 e. The van der Waals surface area contributed by atoms with Crippen molar-refractivity contribution in [3.63, 3.8) is 0 Å². The van der Waals surface area contributed by atoms with Gasteiger partial charge in [0.2, 0.25) is 5.69 Å². The molecular weight excluding hydrogens is 304 g/mol. The molecule has 1 aliphatic carbocycles. The van der Waals surface area contributed by atoms with Crippen LogP contribution < -0.4 is 4.57 Å². The molecule has 0 saturated carbocycles. The number of pyridine rings is 2. The van der Waals surface area contributed by atoms with E-state index in [2.05, 4.69) is 76.7 Å². The van der Waals surface area contributed by atoms with Gasteiger partial charge in [-0.3, -0.25) is 4.98 Å². The first kappa shape index (κ1) is 16.0. The second-order valence-electron chi connectivity index (χ2n) is 7.87. The molecule has 0 saturated heterocycles. The zero-order valence-corrected chi connectivity index (χ0v) is 15.9. The minimum Gasteiger partial charge on any atom is -0.260 e. The van der Waals surface area contributed by atoms with E-state index in [-0.39, 0.29) is 5.41 Å². The molecule has 2 aromatic heterocycles. The molecule has 25 heavy (non-hydrogen) atoms. The van der Waals surface area contributed by atoms with Crippen molar-refractivity contribution < 1.29 is 4.57 Å². The molecule has 2 nitrogen and oxygen atoms in total. The predicted octanol–water partition coefficient (Wildman–Crippen LogP) is 4.80. The average Bonchev–Trinajstić information content (AvgIpc) is 2.79. The van der Waals surface area contributed by atoms with Crippen LogP contribution in [-0.2, 0) is 12.5 Å². The highest BCUT2D eigenvalue weighted by Crippen LogP contribution is 2.49. The topological polar surface area (TPSA) is 16.8 Å². The van der Waals surface area contributed by atoms with Gasteiger partial charge in [0.05, 0.1) is 5.69 Å². The van der Waals surface area contributed by atoms with Gasteiger partial charge >= 0.3 is 0 Å². The number of aromatic nitrogens is 2. The summed E-state index contributed by atoms with van der Waals surface area (Å²) >= 11 is 0. The fourth-order valence-corrected chi connectivity index (χ4v) is 4.12. The van der Waals surface area contributed by atoms with E-state index in [4.69, 9.17) is 4.98 Å². The van der Waals surface area contributed by atoms with Gasteiger partial charge in [0.1, 0.15) is 7.05 Å². The Labute approximate surface area is 150 Å². The first-order valence-corrected chi connectivity index (χ1v) is 8.89. The van der Waals surface area contributed by atoms with Crippen molar-refractivity contribution in [3.8, 4) is 22.4 Å². The molecule has 2 heterocycles. The monoisotopic (exact) mass is 329 g/mol. The maximum absolute atomic E-state index is 4.70. The van der Waals surface area contributed by atoms with Gasteiger partial charge in [0, 0.05) is 34.4 Å². The van der Waals surface area contributed by atoms with Crippen LogP contribution in [0.4, 0.5) is 0 Å². The number of aryl methyl sites for hydroxylation is 4. The molecule has 2 heteroatoms. The molecule has 1 aliphatic rings. The maximum Gasteiger partial charge on any atom is 0.212 e. The Morgan fingerprint density at radius 3 is 2.40 bits per heavy atom. The highest BCUT2D eigenvalue weighted by atomic mass is 14.9. The lowest BCUT2D eigenvalue weighted by molar-refractivity contribution is -0.660. The third-order valence-corrected chi connectivity index (χ3v) is 5.75. The van der Waals surface area contributed by atoms with Gasteiger partial charge in [-0.2, -0.15) is 0 Å². The molecule has 126 valence electrons. The highest BCUT2D eigenvalue weighted by Gasteiger charge is 2.37. The number of rotatable bonds is 1. The summed E-state index contributed by atoms with van der Waals surface area (Å²) in [6, 6.07) is 11.3. The third kappa shape index (κ3) is 2.24. The minimum absolute atomic E-state index is 0.0628. The van der Waals surface area contributed by atoms with Gasteiger partial charge in [0.15, 0.2) is 6.20 Å². The second-order valence-corrected chi connectivity index (χ2v) is 7.87. The van der Waals surface area contributed by atoms with Gasteiger partial charge in [0.25, 0.3) is 0 Å². The summed E-state index contributed by atoms with van der Waals surface area (Å²) in [5.74, 6) is 0. The molecule has 0 amide bonds. The zero-order valence-electron chi connectivity index (χ0n) is 15.9. The SMILES string of the molecule is Cc1cc(-c2cc3c(cc2C)-c2cccnc2C3(C)C)[n+](C)cc1C. The molecule has 0 fully saturated rings. The number of hydrogen-bond acceptors (Lipinski definition) is 1. The second kappa shape index (κ2) is 5.26. The van der Waals surface area contributed by atoms with Crippen molar-refractivity contribution in [1.82, 2.24) is 4.98 Å². The first-order valence-electron chi connectivity index (χ1n) is 8.89. The lowest BCUT2D eigenvalue weighted by atomic mass is 9.83. The molecule has 0 aliphatic heterocycles. The summed E-state index contributed by atoms with van der Waals surface area (Å²) < 4.78 is 2.24. The van der Waals surface area contributed by atoms with Crippen LogP contribution in [0, 0.1) is 20.8 Å². The van der Waals surface area contributed by atoms with Crippen molar-refractivity contribution in [1.29, 1.82) is 0 Å². The summed E-state index contributed by atoms with van der Waals surface area (Å²) in [5.41, 5.74) is 11.7. The Hall–Kier alpha value is -2.48. The number of fused-ring (bicyclic) bond motifs is 3. The molecule has 4 rings (SSSR count). The van der Waals surface area contributed by atoms with Crippen LogP contribution in [0.25, 0.3) is 22.4 Å². The first-order chi connectivity index (χ1) is 11.8. The van der Waals surface area contributed by atoms with Crippen LogP contribution in [0.5, 0.6) is 0 Å². The number of benzene rings is 1. The van der Waals surface area contributed by atoms with Crippen LogP contribution in [0.2, 0.25) is 0 Å². The van der Waals surface area contributed by atoms with Crippen LogP contribution in [0.1, 0.15) is 41.8 Å². The van der Waals surface area contributed by atoms with E-state index < -0.39 is 0 Å². The largest absolute Gasteiger partial charge is 0.260 e. The Morgan fingerprint density at radius 1 is 0.880 bits per heavy atom. The van der Waals surface area contributed by atoms with Crippen molar-refractivity contribution in [3.05, 3.63) is 70.7 Å². The fourth-order valence-electron chi connectivity index (χ4n) is 4.12. The van der Waals surface area contributed by atoms with Crippen LogP contribution in [0.15, 0.2) is 42.7 Å². The Kier molecular flexibility index (Phi) is 3.37. The van der Waals surface area contributed by atoms with E-state index >= 15 is 0 Å². The van der Waals surface area contributed by atoms with Crippen molar-refractivity contribution in [2.75, 3.05) is 0 Å². The summed E-state index contributed by atoms with van der Waals surface area (Å²) in [7, 11) is 2.13. The molecule has 0 N–H and O–H groups in total. The van der Waals surface area contributed by atoms with Gasteiger partial charge in [-0.05, 0) is 55.2 Å². The Bertz CT molecular complexity index is 1010. The lowest BCUT2D eigenvalue weighted by Gasteiger charge is -2.21. The summed E-state index contributed by atoms with van der Waals surface area (Å²) in [4.78, 5) is 4.70. The molecule has 0 radical (unpaired) electrons. The van der Waals surface area contributed by atoms with E-state index in [1.54, 1.807) is 0 Å². The van der Waals surface area contributed by atoms with E-state index in [0.29, 0.717) is 0 Å². The molecular formula is C23H25N2+. The molecule has 0 spiro atoms. The molecule has 3 aromatic rings. The molecule has 0 unspecified atom stereocenters. The van der Waals surface area contributed by atoms with Crippen LogP contribution in [-0.4, -0.2) is 4.98 Å². The lowest BCUT2D eigenvalue weighted by Crippen LogP contribution is -2.31. The van der Waals surface area contributed by atoms with Gasteiger partial charge < -0.3 is 0 Å². The molecule has 1 aromatic carbocycles. The highest BCUT2D eigenvalue weighted by molar-refractivity contribution is 5.83. The summed E-state index contributed by atoms with van der Waals surface area (Å²) in [6.45, 7) is 11.1. The Balaban J connectivity index is 1.99. The summed E-state index contributed by atoms with van der Waals surface area (Å²) in [6.07, 6.45) is 4.13. The van der Waals surface area contributed by atoms with E-state index in [0.717, 1.165) is 0 Å². The third-order valence-electron chi connectivity index (χ3n) is 5.75. The van der Waals surface area contributed by atoms with Crippen molar-refractivity contribution in [2.45, 2.75) is 40.0 Å². The number of nitrogens with zero attached hydrogens (tertiary/aromatic N) is 2. The van der Waals surface area contributed by atoms with Crippen LogP contribution >= 0.6 is 0 Å². The van der Waals surface area contributed by atoms with E-state index in [1.165, 1.54) is 50.3 Å². The molecule has 0 atom stereocenters. The maximum atomic E-state index is 4.70. The Morgan fingerprint density at radius 2 is 1.64 bits per heavy atom. The van der Waals surface area contributed by atoms with Gasteiger partial charge in [-0.25, -0.2) is 4.57 Å². The normalized spacial score (nSPS) is 14.3. The zero-order chi connectivity index (χ0) is 17.9. The minimum atomic E-state index is -0.0628. The van der Waals surface area contributed by atoms with Crippen LogP contribution in [0.3, 0.4) is 0 Å². The van der Waals surface area contributed by atoms with Gasteiger partial charge in [-0.1, -0.05) is 26.0 Å². The number of hydrogen-bond donors (Lipinski definition) is 0. The van der Waals surface area contributed by atoms with E-state index in [9.17, 15) is 0 Å². The predicted molar refractivity (Wildman–Crippen MR) is 103 cm³/mol. The standard InChI is InChI=1S/C23H25N2/c1-14-11-21(25(6)13-16(14)3)18-12-20-19(10-15(18)2)17-8-7-9-24-22(17)23(20,4)5/h7-13H,1-6H3/q+1. The molecule has 0 bridgehead atoms. The van der Waals surface area contributed by atoms with Crippen molar-refractivity contribution in [2.24, 2.45) is 7.05 Å². The fraction of sp³-hybridized carbons (Fsp3) is 0.304. The average molecular weight is 329 g/mol. The quantitative estimate of drug-likeness (QED) is 0.586. The summed E-state index contributed by atoms with van der Waals surface area (Å²) in [5, 5.41) is 0. The van der Waals surface area contributed by atoms with Gasteiger partial charge in [-0.15, -0.1) is 0 Å². The van der Waals surface area contributed by atoms with Crippen molar-refractivity contribution >= 4 is 0 Å².